The Labute approximate surface area is 174 Å². The second-order valence-electron chi connectivity index (χ2n) is 7.79. The second-order valence-corrected chi connectivity index (χ2v) is 8.20. The molecule has 2 fully saturated rings. The molecule has 1 saturated heterocycles. The van der Waals surface area contributed by atoms with Crippen molar-refractivity contribution in [2.24, 2.45) is 5.92 Å². The molecule has 1 aliphatic heterocycles. The van der Waals surface area contributed by atoms with Gasteiger partial charge < -0.3 is 20.2 Å². The molecule has 0 unspecified atom stereocenters. The number of nitrogens with one attached hydrogen (secondary N) is 1. The summed E-state index contributed by atoms with van der Waals surface area (Å²) >= 11 is 4.35. The van der Waals surface area contributed by atoms with Gasteiger partial charge in [-0.2, -0.15) is 0 Å². The first kappa shape index (κ1) is 21.6. The average Bonchev–Trinajstić information content (AvgIpc) is 2.58. The fraction of sp³-hybridized carbons (Fsp3) is 0.524. The summed E-state index contributed by atoms with van der Waals surface area (Å²) in [4.78, 5) is 12.5. The largest absolute Gasteiger partial charge is 0.484 e. The van der Waals surface area contributed by atoms with Crippen molar-refractivity contribution < 1.29 is 23.4 Å². The number of nitrogens with zero attached hydrogens (tertiary/aromatic N) is 1. The normalized spacial score (nSPS) is 18.8. The van der Waals surface area contributed by atoms with Crippen LogP contribution in [0.2, 0.25) is 0 Å². The SMILES string of the molecule is CC(=N)/C(=C(\S)OC1CCC1)c1cc(F)c(N2CCC(CC(=O)O)CC2)c(F)c1. The van der Waals surface area contributed by atoms with E-state index in [2.05, 4.69) is 12.6 Å². The van der Waals surface area contributed by atoms with Crippen LogP contribution in [0.25, 0.3) is 5.57 Å². The number of carboxylic acid groups (broad SMARTS) is 1. The fourth-order valence-corrected chi connectivity index (χ4v) is 4.27. The Morgan fingerprint density at radius 1 is 1.24 bits per heavy atom. The molecule has 0 radical (unpaired) electrons. The molecule has 1 aromatic carbocycles. The van der Waals surface area contributed by atoms with Crippen molar-refractivity contribution in [3.05, 3.63) is 34.4 Å². The van der Waals surface area contributed by atoms with Crippen molar-refractivity contribution in [2.45, 2.75) is 51.6 Å². The number of carboxylic acids is 1. The Kier molecular flexibility index (Phi) is 6.82. The van der Waals surface area contributed by atoms with Gasteiger partial charge in [0.1, 0.15) is 17.3 Å². The van der Waals surface area contributed by atoms with Crippen LogP contribution >= 0.6 is 12.6 Å². The van der Waals surface area contributed by atoms with Gasteiger partial charge in [-0.25, -0.2) is 8.78 Å². The van der Waals surface area contributed by atoms with Crippen LogP contribution in [0.3, 0.4) is 0 Å². The van der Waals surface area contributed by atoms with Crippen LogP contribution < -0.4 is 4.90 Å². The number of piperidine rings is 1. The molecule has 1 saturated carbocycles. The van der Waals surface area contributed by atoms with Crippen molar-refractivity contribution in [1.29, 1.82) is 5.41 Å². The van der Waals surface area contributed by atoms with Crippen LogP contribution in [0.4, 0.5) is 14.5 Å². The first-order valence-electron chi connectivity index (χ1n) is 9.87. The number of hydrogen-bond donors (Lipinski definition) is 3. The van der Waals surface area contributed by atoms with E-state index in [4.69, 9.17) is 15.3 Å². The molecule has 1 heterocycles. The van der Waals surface area contributed by atoms with Crippen molar-refractivity contribution >= 4 is 35.6 Å². The van der Waals surface area contributed by atoms with Crippen molar-refractivity contribution in [3.63, 3.8) is 0 Å². The summed E-state index contributed by atoms with van der Waals surface area (Å²) < 4.78 is 35.5. The number of halogens is 2. The number of hydrogen-bond acceptors (Lipinski definition) is 5. The quantitative estimate of drug-likeness (QED) is 0.332. The molecule has 0 aromatic heterocycles. The lowest BCUT2D eigenvalue weighted by Gasteiger charge is -2.33. The number of rotatable bonds is 7. The van der Waals surface area contributed by atoms with Crippen LogP contribution in [-0.4, -0.2) is 36.0 Å². The minimum atomic E-state index is -0.849. The maximum absolute atomic E-state index is 14.9. The topological polar surface area (TPSA) is 73.6 Å². The summed E-state index contributed by atoms with van der Waals surface area (Å²) in [5.41, 5.74) is 0.520. The molecule has 29 heavy (non-hydrogen) atoms. The maximum Gasteiger partial charge on any atom is 0.303 e. The Morgan fingerprint density at radius 2 is 1.83 bits per heavy atom. The van der Waals surface area contributed by atoms with Gasteiger partial charge in [0.15, 0.2) is 5.09 Å². The Morgan fingerprint density at radius 3 is 2.28 bits per heavy atom. The van der Waals surface area contributed by atoms with E-state index in [0.717, 1.165) is 19.3 Å². The molecule has 0 spiro atoms. The molecule has 3 rings (SSSR count). The summed E-state index contributed by atoms with van der Waals surface area (Å²) in [6.07, 6.45) is 4.17. The van der Waals surface area contributed by atoms with Gasteiger partial charge in [-0.15, -0.1) is 12.6 Å². The molecule has 2 aliphatic rings. The standard InChI is InChI=1S/C21H26F2N2O3S/c1-12(24)19(21(29)28-15-3-2-4-15)14-10-16(22)20(17(23)11-14)25-7-5-13(6-8-25)9-18(26)27/h10-11,13,15,24,29H,2-9H2,1H3,(H,26,27)/b21-19+,24-12?. The minimum Gasteiger partial charge on any atom is -0.484 e. The number of ether oxygens (including phenoxy) is 1. The second kappa shape index (κ2) is 9.15. The fourth-order valence-electron chi connectivity index (χ4n) is 3.83. The molecule has 0 atom stereocenters. The third kappa shape index (κ3) is 5.10. The van der Waals surface area contributed by atoms with E-state index in [0.29, 0.717) is 25.9 Å². The van der Waals surface area contributed by atoms with Crippen LogP contribution in [0.5, 0.6) is 0 Å². The summed E-state index contributed by atoms with van der Waals surface area (Å²) in [6, 6.07) is 2.44. The lowest BCUT2D eigenvalue weighted by atomic mass is 9.93. The van der Waals surface area contributed by atoms with Crippen LogP contribution in [0.1, 0.15) is 51.0 Å². The summed E-state index contributed by atoms with van der Waals surface area (Å²) in [5.74, 6) is -2.24. The predicted octanol–water partition coefficient (Wildman–Crippen LogP) is 4.86. The van der Waals surface area contributed by atoms with Crippen molar-refractivity contribution in [1.82, 2.24) is 0 Å². The van der Waals surface area contributed by atoms with Gasteiger partial charge in [-0.1, -0.05) is 0 Å². The number of aliphatic carboxylic acids is 1. The first-order chi connectivity index (χ1) is 13.8. The average molecular weight is 425 g/mol. The van der Waals surface area contributed by atoms with Gasteiger partial charge in [-0.3, -0.25) is 4.79 Å². The first-order valence-corrected chi connectivity index (χ1v) is 10.3. The molecule has 8 heteroatoms. The number of benzene rings is 1. The molecule has 5 nitrogen and oxygen atoms in total. The van der Waals surface area contributed by atoms with Gasteiger partial charge in [-0.05, 0) is 62.6 Å². The molecule has 1 aromatic rings. The van der Waals surface area contributed by atoms with E-state index in [9.17, 15) is 13.6 Å². The molecule has 158 valence electrons. The zero-order valence-corrected chi connectivity index (χ0v) is 17.3. The van der Waals surface area contributed by atoms with E-state index in [-0.39, 0.29) is 46.1 Å². The summed E-state index contributed by atoms with van der Waals surface area (Å²) in [5, 5.41) is 17.1. The van der Waals surface area contributed by atoms with E-state index in [1.807, 2.05) is 0 Å². The van der Waals surface area contributed by atoms with Gasteiger partial charge in [0, 0.05) is 25.2 Å². The van der Waals surface area contributed by atoms with Crippen LogP contribution in [0, 0.1) is 23.0 Å². The molecule has 0 bridgehead atoms. The van der Waals surface area contributed by atoms with Gasteiger partial charge >= 0.3 is 5.97 Å². The zero-order chi connectivity index (χ0) is 21.1. The van der Waals surface area contributed by atoms with Crippen LogP contribution in [-0.2, 0) is 9.53 Å². The Bertz CT molecular complexity index is 808. The molecular formula is C21H26F2N2O3S. The monoisotopic (exact) mass is 424 g/mol. The van der Waals surface area contributed by atoms with Gasteiger partial charge in [0.05, 0.1) is 11.7 Å². The van der Waals surface area contributed by atoms with E-state index >= 15 is 0 Å². The van der Waals surface area contributed by atoms with E-state index < -0.39 is 17.6 Å². The Balaban J connectivity index is 1.82. The summed E-state index contributed by atoms with van der Waals surface area (Å²) in [7, 11) is 0. The highest BCUT2D eigenvalue weighted by molar-refractivity contribution is 7.84. The Hall–Kier alpha value is -2.09. The predicted molar refractivity (Wildman–Crippen MR) is 112 cm³/mol. The molecule has 1 aliphatic carbocycles. The molecule has 0 amide bonds. The van der Waals surface area contributed by atoms with E-state index in [1.165, 1.54) is 19.1 Å². The highest BCUT2D eigenvalue weighted by atomic mass is 32.1. The third-order valence-electron chi connectivity index (χ3n) is 5.62. The van der Waals surface area contributed by atoms with Gasteiger partial charge in [0.2, 0.25) is 0 Å². The number of anilines is 1. The third-order valence-corrected chi connectivity index (χ3v) is 5.95. The van der Waals surface area contributed by atoms with Crippen molar-refractivity contribution in [3.8, 4) is 0 Å². The lowest BCUT2D eigenvalue weighted by molar-refractivity contribution is -0.138. The molecule has 2 N–H and O–H groups in total. The number of thiol groups is 1. The highest BCUT2D eigenvalue weighted by Crippen LogP contribution is 2.35. The summed E-state index contributed by atoms with van der Waals surface area (Å²) in [6.45, 7) is 2.34. The minimum absolute atomic E-state index is 0.0274. The van der Waals surface area contributed by atoms with Gasteiger partial charge in [0.25, 0.3) is 0 Å². The van der Waals surface area contributed by atoms with E-state index in [1.54, 1.807) is 4.90 Å². The lowest BCUT2D eigenvalue weighted by Crippen LogP contribution is -2.35. The number of allylic oxidation sites excluding steroid dienone is 1. The zero-order valence-electron chi connectivity index (χ0n) is 16.4. The highest BCUT2D eigenvalue weighted by Gasteiger charge is 2.27. The maximum atomic E-state index is 14.9. The van der Waals surface area contributed by atoms with Crippen LogP contribution in [0.15, 0.2) is 17.2 Å². The molecular weight excluding hydrogens is 398 g/mol. The van der Waals surface area contributed by atoms with Crippen molar-refractivity contribution in [2.75, 3.05) is 18.0 Å². The number of carbonyl (C=O) groups is 1. The smallest absolute Gasteiger partial charge is 0.303 e.